The molecular weight excluding hydrogens is 212 g/mol. The van der Waals surface area contributed by atoms with Gasteiger partial charge in [-0.2, -0.15) is 5.26 Å². The van der Waals surface area contributed by atoms with Crippen molar-refractivity contribution in [2.24, 2.45) is 0 Å². The fourth-order valence-corrected chi connectivity index (χ4v) is 1.76. The van der Waals surface area contributed by atoms with Crippen LogP contribution in [0.4, 0.5) is 0 Å². The second kappa shape index (κ2) is 6.93. The lowest BCUT2D eigenvalue weighted by molar-refractivity contribution is 0.370. The van der Waals surface area contributed by atoms with E-state index in [2.05, 4.69) is 25.1 Å². The summed E-state index contributed by atoms with van der Waals surface area (Å²) in [7, 11) is 3.66. The summed E-state index contributed by atoms with van der Waals surface area (Å²) >= 11 is 0. The Bertz CT molecular complexity index is 396. The third-order valence-electron chi connectivity index (χ3n) is 2.86. The number of hydrogen-bond acceptors (Lipinski definition) is 3. The summed E-state index contributed by atoms with van der Waals surface area (Å²) in [5.41, 5.74) is 2.54. The highest BCUT2D eigenvalue weighted by molar-refractivity contribution is 5.37. The summed E-state index contributed by atoms with van der Waals surface area (Å²) in [4.78, 5) is 2.01. The first-order valence-corrected chi connectivity index (χ1v) is 5.92. The SMILES string of the molecule is CCc1ccc(OC)c(CCN(C)CC#N)c1. The Morgan fingerprint density at radius 2 is 2.18 bits per heavy atom. The second-order valence-corrected chi connectivity index (χ2v) is 4.15. The van der Waals surface area contributed by atoms with Gasteiger partial charge in [0, 0.05) is 6.54 Å². The summed E-state index contributed by atoms with van der Waals surface area (Å²) in [5, 5.41) is 8.60. The van der Waals surface area contributed by atoms with Crippen LogP contribution in [0, 0.1) is 11.3 Å². The van der Waals surface area contributed by atoms with Crippen LogP contribution in [-0.2, 0) is 12.8 Å². The molecule has 0 saturated heterocycles. The maximum atomic E-state index is 8.60. The van der Waals surface area contributed by atoms with Crippen LogP contribution in [0.3, 0.4) is 0 Å². The number of nitrogens with zero attached hydrogens (tertiary/aromatic N) is 2. The fraction of sp³-hybridized carbons (Fsp3) is 0.500. The van der Waals surface area contributed by atoms with Crippen LogP contribution in [0.5, 0.6) is 5.75 Å². The number of aryl methyl sites for hydroxylation is 1. The van der Waals surface area contributed by atoms with E-state index in [4.69, 9.17) is 10.00 Å². The van der Waals surface area contributed by atoms with Crippen molar-refractivity contribution in [3.05, 3.63) is 29.3 Å². The molecule has 0 fully saturated rings. The molecule has 1 aromatic carbocycles. The van der Waals surface area contributed by atoms with Crippen LogP contribution >= 0.6 is 0 Å². The Labute approximate surface area is 104 Å². The summed E-state index contributed by atoms with van der Waals surface area (Å²) in [6.45, 7) is 3.49. The van der Waals surface area contributed by atoms with Crippen LogP contribution in [0.25, 0.3) is 0 Å². The third-order valence-corrected chi connectivity index (χ3v) is 2.86. The molecule has 1 aromatic rings. The lowest BCUT2D eigenvalue weighted by Crippen LogP contribution is -2.21. The summed E-state index contributed by atoms with van der Waals surface area (Å²) in [6, 6.07) is 8.47. The van der Waals surface area contributed by atoms with Crippen molar-refractivity contribution in [3.63, 3.8) is 0 Å². The van der Waals surface area contributed by atoms with Crippen molar-refractivity contribution >= 4 is 0 Å². The van der Waals surface area contributed by atoms with E-state index in [9.17, 15) is 0 Å². The Hall–Kier alpha value is -1.53. The molecule has 92 valence electrons. The highest BCUT2D eigenvalue weighted by Crippen LogP contribution is 2.20. The molecule has 0 saturated carbocycles. The summed E-state index contributed by atoms with van der Waals surface area (Å²) < 4.78 is 5.35. The highest BCUT2D eigenvalue weighted by atomic mass is 16.5. The topological polar surface area (TPSA) is 36.3 Å². The molecule has 0 spiro atoms. The van der Waals surface area contributed by atoms with Gasteiger partial charge in [-0.1, -0.05) is 19.1 Å². The average Bonchev–Trinajstić information content (AvgIpc) is 2.36. The third kappa shape index (κ3) is 4.08. The van der Waals surface area contributed by atoms with Crippen molar-refractivity contribution < 1.29 is 4.74 Å². The van der Waals surface area contributed by atoms with Gasteiger partial charge in [-0.05, 0) is 37.1 Å². The Balaban J connectivity index is 2.71. The van der Waals surface area contributed by atoms with Crippen molar-refractivity contribution in [3.8, 4) is 11.8 Å². The first kappa shape index (κ1) is 13.5. The maximum Gasteiger partial charge on any atom is 0.122 e. The molecule has 0 aliphatic heterocycles. The van der Waals surface area contributed by atoms with E-state index in [1.54, 1.807) is 7.11 Å². The smallest absolute Gasteiger partial charge is 0.122 e. The highest BCUT2D eigenvalue weighted by Gasteiger charge is 2.05. The molecule has 0 atom stereocenters. The van der Waals surface area contributed by atoms with E-state index >= 15 is 0 Å². The Morgan fingerprint density at radius 3 is 2.76 bits per heavy atom. The number of rotatable bonds is 6. The van der Waals surface area contributed by atoms with Gasteiger partial charge in [0.2, 0.25) is 0 Å². The summed E-state index contributed by atoms with van der Waals surface area (Å²) in [5.74, 6) is 0.938. The Kier molecular flexibility index (Phi) is 5.51. The van der Waals surface area contributed by atoms with Gasteiger partial charge < -0.3 is 4.74 Å². The van der Waals surface area contributed by atoms with Crippen molar-refractivity contribution in [1.29, 1.82) is 5.26 Å². The molecule has 1 rings (SSSR count). The predicted molar refractivity (Wildman–Crippen MR) is 69.2 cm³/mol. The first-order chi connectivity index (χ1) is 8.21. The van der Waals surface area contributed by atoms with E-state index in [1.165, 1.54) is 11.1 Å². The molecule has 17 heavy (non-hydrogen) atoms. The minimum absolute atomic E-state index is 0.468. The van der Waals surface area contributed by atoms with Crippen LogP contribution in [0.15, 0.2) is 18.2 Å². The van der Waals surface area contributed by atoms with Crippen molar-refractivity contribution in [2.45, 2.75) is 19.8 Å². The van der Waals surface area contributed by atoms with Gasteiger partial charge in [-0.15, -0.1) is 0 Å². The second-order valence-electron chi connectivity index (χ2n) is 4.15. The molecule has 0 aromatic heterocycles. The number of methoxy groups -OCH3 is 1. The molecule has 0 N–H and O–H groups in total. The van der Waals surface area contributed by atoms with Crippen LogP contribution in [0.1, 0.15) is 18.1 Å². The van der Waals surface area contributed by atoms with Crippen molar-refractivity contribution in [2.75, 3.05) is 27.2 Å². The molecule has 0 unspecified atom stereocenters. The van der Waals surface area contributed by atoms with E-state index in [1.807, 2.05) is 18.0 Å². The fourth-order valence-electron chi connectivity index (χ4n) is 1.76. The summed E-state index contributed by atoms with van der Waals surface area (Å²) in [6.07, 6.45) is 1.94. The Morgan fingerprint density at radius 1 is 1.41 bits per heavy atom. The zero-order valence-electron chi connectivity index (χ0n) is 10.9. The zero-order valence-corrected chi connectivity index (χ0v) is 10.9. The lowest BCUT2D eigenvalue weighted by atomic mass is 10.0. The molecule has 0 heterocycles. The quantitative estimate of drug-likeness (QED) is 0.706. The van der Waals surface area contributed by atoms with Crippen molar-refractivity contribution in [1.82, 2.24) is 4.90 Å². The largest absolute Gasteiger partial charge is 0.496 e. The van der Waals surface area contributed by atoms with E-state index in [0.717, 1.165) is 25.1 Å². The minimum Gasteiger partial charge on any atom is -0.496 e. The number of ether oxygens (including phenoxy) is 1. The van der Waals surface area contributed by atoms with E-state index < -0.39 is 0 Å². The molecule has 0 aliphatic carbocycles. The van der Waals surface area contributed by atoms with Gasteiger partial charge in [-0.25, -0.2) is 0 Å². The molecule has 0 bridgehead atoms. The van der Waals surface area contributed by atoms with Crippen LogP contribution in [-0.4, -0.2) is 32.1 Å². The maximum absolute atomic E-state index is 8.60. The predicted octanol–water partition coefficient (Wildman–Crippen LogP) is 2.26. The number of hydrogen-bond donors (Lipinski definition) is 0. The molecule has 3 nitrogen and oxygen atoms in total. The molecule has 0 aliphatic rings. The van der Waals surface area contributed by atoms with Gasteiger partial charge >= 0.3 is 0 Å². The van der Waals surface area contributed by atoms with Gasteiger partial charge in [0.15, 0.2) is 0 Å². The van der Waals surface area contributed by atoms with E-state index in [0.29, 0.717) is 6.54 Å². The number of nitriles is 1. The normalized spacial score (nSPS) is 10.3. The first-order valence-electron chi connectivity index (χ1n) is 5.92. The molecule has 0 amide bonds. The van der Waals surface area contributed by atoms with Crippen LogP contribution < -0.4 is 4.74 Å². The molecular formula is C14H20N2O. The molecule has 3 heteroatoms. The molecule has 0 radical (unpaired) electrons. The van der Waals surface area contributed by atoms with E-state index in [-0.39, 0.29) is 0 Å². The van der Waals surface area contributed by atoms with Crippen LogP contribution in [0.2, 0.25) is 0 Å². The lowest BCUT2D eigenvalue weighted by Gasteiger charge is -2.14. The number of benzene rings is 1. The van der Waals surface area contributed by atoms with Gasteiger partial charge in [0.05, 0.1) is 19.7 Å². The average molecular weight is 232 g/mol. The standard InChI is InChI=1S/C14H20N2O/c1-4-12-5-6-14(17-3)13(11-12)7-9-16(2)10-8-15/h5-6,11H,4,7,9-10H2,1-3H3. The van der Waals surface area contributed by atoms with Gasteiger partial charge in [-0.3, -0.25) is 4.90 Å². The monoisotopic (exact) mass is 232 g/mol. The number of likely N-dealkylation sites (N-methyl/N-ethyl adjacent to an activating group) is 1. The minimum atomic E-state index is 0.468. The zero-order chi connectivity index (χ0) is 12.7. The van der Waals surface area contributed by atoms with Gasteiger partial charge in [0.1, 0.15) is 5.75 Å². The van der Waals surface area contributed by atoms with Gasteiger partial charge in [0.25, 0.3) is 0 Å².